The van der Waals surface area contributed by atoms with Crippen LogP contribution in [0, 0.1) is 0 Å². The molecule has 2 atom stereocenters. The zero-order chi connectivity index (χ0) is 33.0. The fraction of sp³-hybridized carbons (Fsp3) is 0.636. The van der Waals surface area contributed by atoms with Crippen LogP contribution in [0.25, 0.3) is 11.2 Å². The standard InChI is InChI=1S/C33H54N7O5P/c1-2-3-4-5-6-7-8-9-10-11-12-13-14-15-20-35-29(23-27-16-18-28(41)19-17-27)33(42)39-46(43,44)26-45-22-21-40-25-38-30-31(34)36-24-37-32(30)40/h16-19,24-25,29,35,41H,2-15,20-23,26H2,1H3,(H2,34,36,37)(H2,39,42,43,44)/t29-/m0/s1. The van der Waals surface area contributed by atoms with Crippen molar-refractivity contribution in [2.24, 2.45) is 0 Å². The van der Waals surface area contributed by atoms with Crippen molar-refractivity contribution in [1.82, 2.24) is 29.9 Å². The van der Waals surface area contributed by atoms with Gasteiger partial charge in [-0.25, -0.2) is 15.0 Å². The van der Waals surface area contributed by atoms with E-state index >= 15 is 0 Å². The molecule has 1 aromatic carbocycles. The van der Waals surface area contributed by atoms with Crippen LogP contribution in [0.2, 0.25) is 0 Å². The molecule has 0 radical (unpaired) electrons. The van der Waals surface area contributed by atoms with Gasteiger partial charge in [0, 0.05) is 6.54 Å². The summed E-state index contributed by atoms with van der Waals surface area (Å²) >= 11 is 0. The average molecular weight is 660 g/mol. The molecule has 2 heterocycles. The summed E-state index contributed by atoms with van der Waals surface area (Å²) < 4.78 is 20.0. The number of phenols is 1. The highest BCUT2D eigenvalue weighted by atomic mass is 31.2. The molecule has 12 nitrogen and oxygen atoms in total. The first kappa shape index (κ1) is 37.4. The minimum Gasteiger partial charge on any atom is -0.508 e. The fourth-order valence-electron chi connectivity index (χ4n) is 5.42. The summed E-state index contributed by atoms with van der Waals surface area (Å²) in [5.74, 6) is -0.163. The average Bonchev–Trinajstić information content (AvgIpc) is 3.45. The van der Waals surface area contributed by atoms with Crippen molar-refractivity contribution in [3.05, 3.63) is 42.5 Å². The lowest BCUT2D eigenvalue weighted by atomic mass is 10.0. The second kappa shape index (κ2) is 20.9. The summed E-state index contributed by atoms with van der Waals surface area (Å²) in [5, 5.41) is 15.2. The Kier molecular flexibility index (Phi) is 17.0. The number of aromatic hydroxyl groups is 1. The number of carbonyl (C=O) groups is 1. The summed E-state index contributed by atoms with van der Waals surface area (Å²) in [6.45, 7) is 3.30. The lowest BCUT2D eigenvalue weighted by molar-refractivity contribution is -0.121. The zero-order valence-corrected chi connectivity index (χ0v) is 28.3. The van der Waals surface area contributed by atoms with E-state index < -0.39 is 25.8 Å². The lowest BCUT2D eigenvalue weighted by Crippen LogP contribution is -2.45. The molecule has 1 amide bonds. The third-order valence-electron chi connectivity index (χ3n) is 8.07. The van der Waals surface area contributed by atoms with Crippen LogP contribution in [-0.2, 0) is 27.1 Å². The van der Waals surface area contributed by atoms with Crippen LogP contribution in [0.5, 0.6) is 5.75 Å². The molecule has 3 aromatic rings. The second-order valence-corrected chi connectivity index (χ2v) is 13.9. The Hall–Kier alpha value is -3.05. The number of rotatable bonds is 25. The first-order chi connectivity index (χ1) is 22.3. The van der Waals surface area contributed by atoms with E-state index in [0.29, 0.717) is 30.7 Å². The van der Waals surface area contributed by atoms with Gasteiger partial charge in [-0.1, -0.05) is 103 Å². The van der Waals surface area contributed by atoms with E-state index in [-0.39, 0.29) is 18.2 Å². The van der Waals surface area contributed by atoms with Gasteiger partial charge in [0.2, 0.25) is 5.91 Å². The molecule has 256 valence electrons. The molecule has 0 aliphatic rings. The molecule has 0 spiro atoms. The summed E-state index contributed by atoms with van der Waals surface area (Å²) in [6, 6.07) is 5.89. The van der Waals surface area contributed by atoms with Crippen molar-refractivity contribution in [2.75, 3.05) is 25.2 Å². The largest absolute Gasteiger partial charge is 0.508 e. The third-order valence-corrected chi connectivity index (χ3v) is 9.17. The number of ether oxygens (including phenoxy) is 1. The Bertz CT molecular complexity index is 1340. The Labute approximate surface area is 273 Å². The number of hydrogen-bond donors (Lipinski definition) is 5. The van der Waals surface area contributed by atoms with E-state index in [9.17, 15) is 19.4 Å². The Morgan fingerprint density at radius 3 is 2.17 bits per heavy atom. The number of benzene rings is 1. The summed E-state index contributed by atoms with van der Waals surface area (Å²) in [7, 11) is -4.12. The van der Waals surface area contributed by atoms with Gasteiger partial charge in [-0.05, 0) is 37.1 Å². The van der Waals surface area contributed by atoms with Gasteiger partial charge in [0.05, 0.1) is 19.0 Å². The number of nitrogens with one attached hydrogen (secondary N) is 2. The molecule has 46 heavy (non-hydrogen) atoms. The quantitative estimate of drug-likeness (QED) is 0.0530. The molecular formula is C33H54N7O5P. The topological polar surface area (TPSA) is 178 Å². The van der Waals surface area contributed by atoms with Crippen molar-refractivity contribution in [1.29, 1.82) is 0 Å². The molecule has 0 aliphatic heterocycles. The van der Waals surface area contributed by atoms with Crippen molar-refractivity contribution in [3.63, 3.8) is 0 Å². The molecule has 0 bridgehead atoms. The highest BCUT2D eigenvalue weighted by Crippen LogP contribution is 2.35. The normalized spacial score (nSPS) is 13.5. The second-order valence-electron chi connectivity index (χ2n) is 12.1. The Morgan fingerprint density at radius 1 is 0.935 bits per heavy atom. The molecule has 0 fully saturated rings. The van der Waals surface area contributed by atoms with Crippen LogP contribution in [0.1, 0.15) is 102 Å². The number of imidazole rings is 1. The molecule has 2 aromatic heterocycles. The molecule has 1 unspecified atom stereocenters. The predicted molar refractivity (Wildman–Crippen MR) is 182 cm³/mol. The van der Waals surface area contributed by atoms with Crippen LogP contribution in [0.4, 0.5) is 5.82 Å². The fourth-order valence-corrected chi connectivity index (χ4v) is 6.36. The molecule has 0 saturated heterocycles. The number of nitrogens with zero attached hydrogens (tertiary/aromatic N) is 4. The monoisotopic (exact) mass is 659 g/mol. The molecule has 3 rings (SSSR count). The van der Waals surface area contributed by atoms with Gasteiger partial charge < -0.3 is 30.4 Å². The Balaban J connectivity index is 1.35. The van der Waals surface area contributed by atoms with Gasteiger partial charge >= 0.3 is 7.52 Å². The zero-order valence-electron chi connectivity index (χ0n) is 27.4. The third kappa shape index (κ3) is 14.2. The van der Waals surface area contributed by atoms with E-state index in [1.165, 1.54) is 77.0 Å². The smallest absolute Gasteiger partial charge is 0.318 e. The summed E-state index contributed by atoms with van der Waals surface area (Å²) in [6.07, 6.45) is 20.4. The SMILES string of the molecule is CCCCCCCCCCCCCCCCN[C@@H](Cc1ccc(O)cc1)C(=O)NP(=O)(O)COCCn1cnc2c(N)ncnc21. The van der Waals surface area contributed by atoms with E-state index in [2.05, 4.69) is 32.3 Å². The van der Waals surface area contributed by atoms with Crippen LogP contribution >= 0.6 is 7.52 Å². The van der Waals surface area contributed by atoms with Crippen LogP contribution < -0.4 is 16.1 Å². The molecular weight excluding hydrogens is 605 g/mol. The number of phenolic OH excluding ortho intramolecular Hbond substituents is 1. The van der Waals surface area contributed by atoms with E-state index in [4.69, 9.17) is 10.5 Å². The number of aromatic nitrogens is 4. The number of unbranched alkanes of at least 4 members (excludes halogenated alkanes) is 13. The van der Waals surface area contributed by atoms with Crippen molar-refractivity contribution < 1.29 is 24.1 Å². The molecule has 0 aliphatic carbocycles. The lowest BCUT2D eigenvalue weighted by Gasteiger charge is -2.21. The highest BCUT2D eigenvalue weighted by molar-refractivity contribution is 7.56. The van der Waals surface area contributed by atoms with Gasteiger partial charge in [0.1, 0.15) is 23.9 Å². The number of nitrogens with two attached hydrogens (primary N) is 1. The van der Waals surface area contributed by atoms with E-state index in [1.54, 1.807) is 35.2 Å². The number of hydrogen-bond acceptors (Lipinski definition) is 9. The minimum absolute atomic E-state index is 0.101. The highest BCUT2D eigenvalue weighted by Gasteiger charge is 2.27. The maximum absolute atomic E-state index is 13.2. The number of fused-ring (bicyclic) bond motifs is 1. The first-order valence-corrected chi connectivity index (χ1v) is 18.8. The number of amides is 1. The van der Waals surface area contributed by atoms with Crippen LogP contribution in [0.15, 0.2) is 36.9 Å². The van der Waals surface area contributed by atoms with Gasteiger partial charge in [-0.2, -0.15) is 0 Å². The van der Waals surface area contributed by atoms with E-state index in [1.807, 2.05) is 0 Å². The molecule has 13 heteroatoms. The van der Waals surface area contributed by atoms with Gasteiger partial charge in [-0.15, -0.1) is 0 Å². The van der Waals surface area contributed by atoms with Crippen molar-refractivity contribution in [2.45, 2.75) is 116 Å². The summed E-state index contributed by atoms with van der Waals surface area (Å²) in [5.41, 5.74) is 7.66. The van der Waals surface area contributed by atoms with Gasteiger partial charge in [0.15, 0.2) is 11.5 Å². The van der Waals surface area contributed by atoms with Crippen LogP contribution in [-0.4, -0.2) is 61.0 Å². The van der Waals surface area contributed by atoms with E-state index in [0.717, 1.165) is 24.8 Å². The minimum atomic E-state index is -4.12. The van der Waals surface area contributed by atoms with Crippen molar-refractivity contribution in [3.8, 4) is 5.75 Å². The maximum Gasteiger partial charge on any atom is 0.318 e. The van der Waals surface area contributed by atoms with Crippen LogP contribution in [0.3, 0.4) is 0 Å². The molecule has 0 saturated carbocycles. The first-order valence-electron chi connectivity index (χ1n) is 16.9. The Morgan fingerprint density at radius 2 is 1.54 bits per heavy atom. The number of carbonyl (C=O) groups excluding carboxylic acids is 1. The maximum atomic E-state index is 13.2. The number of anilines is 1. The molecule has 6 N–H and O–H groups in total. The van der Waals surface area contributed by atoms with Gasteiger partial charge in [0.25, 0.3) is 0 Å². The summed E-state index contributed by atoms with van der Waals surface area (Å²) in [4.78, 5) is 35.9. The predicted octanol–water partition coefficient (Wildman–Crippen LogP) is 6.07. The van der Waals surface area contributed by atoms with Gasteiger partial charge in [-0.3, -0.25) is 14.4 Å². The van der Waals surface area contributed by atoms with Crippen molar-refractivity contribution >= 4 is 30.4 Å². The number of nitrogen functional groups attached to an aromatic ring is 1.